The summed E-state index contributed by atoms with van der Waals surface area (Å²) >= 11 is 0. The number of amides is 1. The molecule has 0 spiro atoms. The molecule has 6 nitrogen and oxygen atoms in total. The van der Waals surface area contributed by atoms with Gasteiger partial charge in [-0.15, -0.1) is 5.10 Å². The highest BCUT2D eigenvalue weighted by Gasteiger charge is 2.36. The number of carbonyl (C=O) groups is 1. The fourth-order valence-electron chi connectivity index (χ4n) is 5.20. The molecular formula is C24H36N4O2. The molecule has 0 N–H and O–H groups in total. The number of carbonyl (C=O) groups excluding carboxylic acids is 1. The Morgan fingerprint density at radius 3 is 2.70 bits per heavy atom. The van der Waals surface area contributed by atoms with E-state index in [0.717, 1.165) is 63.2 Å². The van der Waals surface area contributed by atoms with Gasteiger partial charge in [-0.25, -0.2) is 4.68 Å². The van der Waals surface area contributed by atoms with Crippen LogP contribution in [0.1, 0.15) is 89.8 Å². The van der Waals surface area contributed by atoms with Gasteiger partial charge < -0.3 is 9.64 Å². The lowest BCUT2D eigenvalue weighted by Crippen LogP contribution is -2.38. The highest BCUT2D eigenvalue weighted by atomic mass is 16.5. The van der Waals surface area contributed by atoms with E-state index in [9.17, 15) is 4.79 Å². The Hall–Kier alpha value is -1.87. The van der Waals surface area contributed by atoms with Gasteiger partial charge in [-0.05, 0) is 63.7 Å². The molecule has 4 rings (SSSR count). The van der Waals surface area contributed by atoms with E-state index in [4.69, 9.17) is 4.74 Å². The van der Waals surface area contributed by atoms with Crippen LogP contribution in [0.25, 0.3) is 0 Å². The second-order valence-electron chi connectivity index (χ2n) is 9.52. The van der Waals surface area contributed by atoms with Crippen LogP contribution in [0.2, 0.25) is 0 Å². The van der Waals surface area contributed by atoms with Gasteiger partial charge in [0.1, 0.15) is 0 Å². The van der Waals surface area contributed by atoms with Crippen LogP contribution in [0.5, 0.6) is 0 Å². The number of nitrogens with zero attached hydrogens (tertiary/aromatic N) is 4. The Bertz CT molecular complexity index is 768. The first-order chi connectivity index (χ1) is 14.6. The molecule has 3 aliphatic rings. The molecule has 0 aromatic carbocycles. The summed E-state index contributed by atoms with van der Waals surface area (Å²) in [4.78, 5) is 14.7. The first kappa shape index (κ1) is 21.4. The van der Waals surface area contributed by atoms with Crippen LogP contribution in [0.4, 0.5) is 0 Å². The second kappa shape index (κ2) is 9.96. The molecule has 1 aromatic rings. The monoisotopic (exact) mass is 412 g/mol. The van der Waals surface area contributed by atoms with Crippen LogP contribution in [0.15, 0.2) is 6.20 Å². The topological polar surface area (TPSA) is 60.2 Å². The standard InChI is InChI=1S/C24H36N4O2/c1-18(28-17-21(25-26-28)11-7-10-20-8-3-4-9-20)16-22-12-13-23(30-22)19(2)24(29)27-14-5-6-15-27/h17-20,22-23H,3-6,8-10,12-16H2,1-2H3/t18-,19-,22+,23-/m1/s1. The van der Waals surface area contributed by atoms with E-state index >= 15 is 0 Å². The average Bonchev–Trinajstić information content (AvgIpc) is 3.55. The largest absolute Gasteiger partial charge is 0.374 e. The number of hydrogen-bond donors (Lipinski definition) is 0. The van der Waals surface area contributed by atoms with E-state index in [-0.39, 0.29) is 30.1 Å². The van der Waals surface area contributed by atoms with Crippen LogP contribution in [0, 0.1) is 23.7 Å². The Morgan fingerprint density at radius 1 is 1.17 bits per heavy atom. The highest BCUT2D eigenvalue weighted by Crippen LogP contribution is 2.31. The van der Waals surface area contributed by atoms with Crippen molar-refractivity contribution in [2.75, 3.05) is 13.1 Å². The molecule has 2 aliphatic heterocycles. The third-order valence-electron chi connectivity index (χ3n) is 7.15. The summed E-state index contributed by atoms with van der Waals surface area (Å²) in [6, 6.07) is 0.205. The SMILES string of the molecule is C[C@H](C[C@@H]1CC[C@H]([C@@H](C)C(=O)N2CCCC2)O1)n1cc(C#CCC2CCCC2)nn1. The van der Waals surface area contributed by atoms with Gasteiger partial charge in [0.05, 0.1) is 30.4 Å². The van der Waals surface area contributed by atoms with Gasteiger partial charge in [0, 0.05) is 19.5 Å². The minimum atomic E-state index is -0.0449. The van der Waals surface area contributed by atoms with E-state index in [1.165, 1.54) is 25.7 Å². The molecule has 164 valence electrons. The molecule has 2 saturated heterocycles. The predicted octanol–water partition coefficient (Wildman–Crippen LogP) is 3.97. The van der Waals surface area contributed by atoms with Crippen LogP contribution in [-0.2, 0) is 9.53 Å². The summed E-state index contributed by atoms with van der Waals surface area (Å²) in [7, 11) is 0. The van der Waals surface area contributed by atoms with E-state index in [1.54, 1.807) is 0 Å². The van der Waals surface area contributed by atoms with Crippen LogP contribution in [0.3, 0.4) is 0 Å². The minimum Gasteiger partial charge on any atom is -0.374 e. The molecule has 0 bridgehead atoms. The molecule has 1 amide bonds. The molecule has 0 unspecified atom stereocenters. The molecule has 1 aromatic heterocycles. The Morgan fingerprint density at radius 2 is 1.93 bits per heavy atom. The fraction of sp³-hybridized carbons (Fsp3) is 0.792. The zero-order valence-corrected chi connectivity index (χ0v) is 18.6. The maximum absolute atomic E-state index is 12.7. The number of hydrogen-bond acceptors (Lipinski definition) is 4. The summed E-state index contributed by atoms with van der Waals surface area (Å²) in [5.41, 5.74) is 0.759. The molecule has 4 atom stereocenters. The van der Waals surface area contributed by atoms with E-state index in [0.29, 0.717) is 0 Å². The predicted molar refractivity (Wildman–Crippen MR) is 116 cm³/mol. The first-order valence-electron chi connectivity index (χ1n) is 11.9. The van der Waals surface area contributed by atoms with Gasteiger partial charge in [0.25, 0.3) is 0 Å². The molecule has 6 heteroatoms. The van der Waals surface area contributed by atoms with Crippen LogP contribution in [-0.4, -0.2) is 51.1 Å². The number of ether oxygens (including phenoxy) is 1. The van der Waals surface area contributed by atoms with Crippen molar-refractivity contribution in [2.45, 2.75) is 96.3 Å². The Kier molecular flexibility index (Phi) is 7.09. The summed E-state index contributed by atoms with van der Waals surface area (Å²) in [6.45, 7) is 6.01. The van der Waals surface area contributed by atoms with E-state index in [2.05, 4.69) is 29.1 Å². The lowest BCUT2D eigenvalue weighted by Gasteiger charge is -2.25. The molecule has 3 fully saturated rings. The van der Waals surface area contributed by atoms with Crippen molar-refractivity contribution in [3.63, 3.8) is 0 Å². The first-order valence-corrected chi connectivity index (χ1v) is 11.9. The van der Waals surface area contributed by atoms with E-state index in [1.807, 2.05) is 22.7 Å². The van der Waals surface area contributed by atoms with Gasteiger partial charge in [-0.3, -0.25) is 4.79 Å². The number of aromatic nitrogens is 3. The Labute approximate surface area is 180 Å². The number of likely N-dealkylation sites (tertiary alicyclic amines) is 1. The number of rotatable bonds is 6. The maximum Gasteiger partial charge on any atom is 0.228 e. The zero-order valence-electron chi connectivity index (χ0n) is 18.6. The summed E-state index contributed by atoms with van der Waals surface area (Å²) in [5.74, 6) is 7.48. The fourth-order valence-corrected chi connectivity index (χ4v) is 5.20. The minimum absolute atomic E-state index is 0.0445. The van der Waals surface area contributed by atoms with Gasteiger partial charge in [-0.2, -0.15) is 0 Å². The summed E-state index contributed by atoms with van der Waals surface area (Å²) in [5, 5.41) is 8.53. The average molecular weight is 413 g/mol. The normalized spacial score (nSPS) is 26.5. The second-order valence-corrected chi connectivity index (χ2v) is 9.52. The van der Waals surface area contributed by atoms with Crippen molar-refractivity contribution in [3.05, 3.63) is 11.9 Å². The third-order valence-corrected chi connectivity index (χ3v) is 7.15. The molecular weight excluding hydrogens is 376 g/mol. The zero-order chi connectivity index (χ0) is 20.9. The third kappa shape index (κ3) is 5.24. The maximum atomic E-state index is 12.7. The quantitative estimate of drug-likeness (QED) is 0.664. The molecule has 0 radical (unpaired) electrons. The highest BCUT2D eigenvalue weighted by molar-refractivity contribution is 5.79. The van der Waals surface area contributed by atoms with Crippen molar-refractivity contribution in [1.29, 1.82) is 0 Å². The van der Waals surface area contributed by atoms with Crippen molar-refractivity contribution in [1.82, 2.24) is 19.9 Å². The van der Waals surface area contributed by atoms with Crippen molar-refractivity contribution >= 4 is 5.91 Å². The summed E-state index contributed by atoms with van der Waals surface area (Å²) in [6.07, 6.45) is 13.7. The van der Waals surface area contributed by atoms with Gasteiger partial charge in [-0.1, -0.05) is 30.9 Å². The van der Waals surface area contributed by atoms with Crippen molar-refractivity contribution in [2.24, 2.45) is 11.8 Å². The molecule has 3 heterocycles. The van der Waals surface area contributed by atoms with Crippen LogP contribution >= 0.6 is 0 Å². The molecule has 1 aliphatic carbocycles. The van der Waals surface area contributed by atoms with Crippen molar-refractivity contribution < 1.29 is 9.53 Å². The smallest absolute Gasteiger partial charge is 0.228 e. The van der Waals surface area contributed by atoms with E-state index < -0.39 is 0 Å². The van der Waals surface area contributed by atoms with Gasteiger partial charge in [0.2, 0.25) is 5.91 Å². The van der Waals surface area contributed by atoms with Crippen molar-refractivity contribution in [3.8, 4) is 11.8 Å². The van der Waals surface area contributed by atoms with Gasteiger partial charge >= 0.3 is 0 Å². The molecule has 30 heavy (non-hydrogen) atoms. The van der Waals surface area contributed by atoms with Gasteiger partial charge in [0.15, 0.2) is 5.69 Å². The lowest BCUT2D eigenvalue weighted by atomic mass is 9.99. The summed E-state index contributed by atoms with van der Waals surface area (Å²) < 4.78 is 8.20. The molecule has 1 saturated carbocycles. The lowest BCUT2D eigenvalue weighted by molar-refractivity contribution is -0.138. The van der Waals surface area contributed by atoms with Crippen LogP contribution < -0.4 is 0 Å². The Balaban J connectivity index is 1.24.